The maximum Gasteiger partial charge on any atom is 0.337 e. The van der Waals surface area contributed by atoms with E-state index in [1.54, 1.807) is 29.2 Å². The monoisotopic (exact) mass is 333 g/mol. The van der Waals surface area contributed by atoms with Crippen LogP contribution in [0.25, 0.3) is 0 Å². The molecule has 2 rings (SSSR count). The average Bonchev–Trinajstić information content (AvgIpc) is 2.95. The number of nitrogens with zero attached hydrogens (tertiary/aromatic N) is 2. The number of methoxy groups -OCH3 is 1. The molecule has 1 saturated heterocycles. The molecule has 7 heteroatoms. The Morgan fingerprint density at radius 2 is 2.12 bits per heavy atom. The molecule has 7 nitrogen and oxygen atoms in total. The van der Waals surface area contributed by atoms with Gasteiger partial charge in [0.2, 0.25) is 11.8 Å². The van der Waals surface area contributed by atoms with E-state index in [1.165, 1.54) is 7.11 Å². The van der Waals surface area contributed by atoms with Gasteiger partial charge < -0.3 is 19.9 Å². The molecule has 1 aromatic rings. The van der Waals surface area contributed by atoms with Crippen LogP contribution in [0.4, 0.5) is 5.69 Å². The van der Waals surface area contributed by atoms with Crippen molar-refractivity contribution in [2.24, 2.45) is 5.92 Å². The molecule has 1 atom stereocenters. The van der Waals surface area contributed by atoms with E-state index >= 15 is 0 Å². The maximum absolute atomic E-state index is 12.2. The predicted octanol–water partition coefficient (Wildman–Crippen LogP) is 0.504. The van der Waals surface area contributed by atoms with E-state index in [0.29, 0.717) is 24.3 Å². The summed E-state index contributed by atoms with van der Waals surface area (Å²) in [5, 5.41) is 2.85. The summed E-state index contributed by atoms with van der Waals surface area (Å²) >= 11 is 0. The Morgan fingerprint density at radius 3 is 2.79 bits per heavy atom. The molecule has 0 aromatic heterocycles. The van der Waals surface area contributed by atoms with Gasteiger partial charge in [-0.1, -0.05) is 6.07 Å². The molecule has 0 bridgehead atoms. The predicted molar refractivity (Wildman–Crippen MR) is 89.8 cm³/mol. The third-order valence-electron chi connectivity index (χ3n) is 3.93. The fourth-order valence-electron chi connectivity index (χ4n) is 2.60. The Balaban J connectivity index is 2.02. The minimum absolute atomic E-state index is 0.114. The van der Waals surface area contributed by atoms with E-state index in [1.807, 2.05) is 19.0 Å². The summed E-state index contributed by atoms with van der Waals surface area (Å²) in [6.45, 7) is 1.61. The van der Waals surface area contributed by atoms with E-state index < -0.39 is 5.97 Å². The number of benzene rings is 1. The highest BCUT2D eigenvalue weighted by molar-refractivity contribution is 6.01. The molecule has 0 saturated carbocycles. The molecular weight excluding hydrogens is 310 g/mol. The molecule has 0 spiro atoms. The van der Waals surface area contributed by atoms with Gasteiger partial charge in [0.1, 0.15) is 0 Å². The van der Waals surface area contributed by atoms with Gasteiger partial charge in [0.25, 0.3) is 0 Å². The van der Waals surface area contributed by atoms with E-state index in [0.717, 1.165) is 6.54 Å². The van der Waals surface area contributed by atoms with Gasteiger partial charge in [-0.05, 0) is 32.3 Å². The first-order valence-electron chi connectivity index (χ1n) is 7.83. The molecule has 2 amide bonds. The van der Waals surface area contributed by atoms with Gasteiger partial charge in [-0.25, -0.2) is 4.79 Å². The van der Waals surface area contributed by atoms with Crippen molar-refractivity contribution in [1.29, 1.82) is 0 Å². The lowest BCUT2D eigenvalue weighted by Gasteiger charge is -2.17. The van der Waals surface area contributed by atoms with Crippen molar-refractivity contribution >= 4 is 23.5 Å². The Kier molecular flexibility index (Phi) is 5.92. The first kappa shape index (κ1) is 17.9. The first-order chi connectivity index (χ1) is 11.4. The van der Waals surface area contributed by atoms with Crippen molar-refractivity contribution in [2.75, 3.05) is 45.7 Å². The van der Waals surface area contributed by atoms with Gasteiger partial charge in [-0.15, -0.1) is 0 Å². The van der Waals surface area contributed by atoms with E-state index in [9.17, 15) is 14.4 Å². The van der Waals surface area contributed by atoms with Gasteiger partial charge in [0.15, 0.2) is 0 Å². The lowest BCUT2D eigenvalue weighted by atomic mass is 10.1. The second kappa shape index (κ2) is 7.92. The van der Waals surface area contributed by atoms with Crippen LogP contribution in [0, 0.1) is 5.92 Å². The molecule has 1 aliphatic heterocycles. The average molecular weight is 333 g/mol. The van der Waals surface area contributed by atoms with Crippen LogP contribution in [-0.2, 0) is 14.3 Å². The topological polar surface area (TPSA) is 79.0 Å². The van der Waals surface area contributed by atoms with Gasteiger partial charge in [0, 0.05) is 31.7 Å². The number of carbonyl (C=O) groups is 3. The Hall–Kier alpha value is -2.41. The van der Waals surface area contributed by atoms with Crippen LogP contribution in [0.1, 0.15) is 16.8 Å². The highest BCUT2D eigenvalue weighted by Gasteiger charge is 2.35. The van der Waals surface area contributed by atoms with Crippen LogP contribution in [0.3, 0.4) is 0 Å². The lowest BCUT2D eigenvalue weighted by molar-refractivity contribution is -0.126. The molecule has 1 N–H and O–H groups in total. The summed E-state index contributed by atoms with van der Waals surface area (Å²) in [7, 11) is 5.17. The number of anilines is 1. The molecule has 1 heterocycles. The van der Waals surface area contributed by atoms with Gasteiger partial charge in [-0.3, -0.25) is 9.59 Å². The molecule has 0 aliphatic carbocycles. The van der Waals surface area contributed by atoms with Crippen molar-refractivity contribution in [1.82, 2.24) is 10.2 Å². The second-order valence-electron chi connectivity index (χ2n) is 6.04. The van der Waals surface area contributed by atoms with Crippen molar-refractivity contribution in [3.05, 3.63) is 29.8 Å². The molecule has 0 radical (unpaired) electrons. The van der Waals surface area contributed by atoms with Crippen LogP contribution in [-0.4, -0.2) is 63.5 Å². The second-order valence-corrected chi connectivity index (χ2v) is 6.04. The quantitative estimate of drug-likeness (QED) is 0.767. The molecule has 1 aliphatic rings. The smallest absolute Gasteiger partial charge is 0.337 e. The van der Waals surface area contributed by atoms with Crippen molar-refractivity contribution in [3.8, 4) is 0 Å². The van der Waals surface area contributed by atoms with Crippen molar-refractivity contribution in [3.63, 3.8) is 0 Å². The normalized spacial score (nSPS) is 17.2. The summed E-state index contributed by atoms with van der Waals surface area (Å²) in [6.07, 6.45) is 0.177. The molecule has 130 valence electrons. The fraction of sp³-hybridized carbons (Fsp3) is 0.471. The molecular formula is C17H23N3O4. The van der Waals surface area contributed by atoms with Crippen LogP contribution in [0.15, 0.2) is 24.3 Å². The molecule has 24 heavy (non-hydrogen) atoms. The Labute approximate surface area is 141 Å². The highest BCUT2D eigenvalue weighted by atomic mass is 16.5. The lowest BCUT2D eigenvalue weighted by Crippen LogP contribution is -2.36. The van der Waals surface area contributed by atoms with E-state index in [-0.39, 0.29) is 24.2 Å². The summed E-state index contributed by atoms with van der Waals surface area (Å²) in [5.41, 5.74) is 0.980. The zero-order chi connectivity index (χ0) is 17.7. The van der Waals surface area contributed by atoms with Crippen LogP contribution in [0.5, 0.6) is 0 Å². The molecule has 1 fully saturated rings. The Morgan fingerprint density at radius 1 is 1.38 bits per heavy atom. The van der Waals surface area contributed by atoms with Crippen molar-refractivity contribution in [2.45, 2.75) is 6.42 Å². The fourth-order valence-corrected chi connectivity index (χ4v) is 2.60. The third kappa shape index (κ3) is 4.32. The first-order valence-corrected chi connectivity index (χ1v) is 7.83. The SMILES string of the molecule is COC(=O)c1cccc(N2CC(C(=O)NCCN(C)C)CC2=O)c1. The molecule has 1 unspecified atom stereocenters. The summed E-state index contributed by atoms with van der Waals surface area (Å²) in [6, 6.07) is 6.67. The van der Waals surface area contributed by atoms with Gasteiger partial charge in [0.05, 0.1) is 18.6 Å². The van der Waals surface area contributed by atoms with Crippen LogP contribution in [0.2, 0.25) is 0 Å². The number of nitrogens with one attached hydrogen (secondary N) is 1. The van der Waals surface area contributed by atoms with Crippen LogP contribution < -0.4 is 10.2 Å². The Bertz CT molecular complexity index is 630. The number of esters is 1. The zero-order valence-electron chi connectivity index (χ0n) is 14.2. The maximum atomic E-state index is 12.2. The third-order valence-corrected chi connectivity index (χ3v) is 3.93. The van der Waals surface area contributed by atoms with Crippen LogP contribution >= 0.6 is 0 Å². The summed E-state index contributed by atoms with van der Waals surface area (Å²) < 4.78 is 4.69. The number of ether oxygens (including phenoxy) is 1. The minimum atomic E-state index is -0.457. The summed E-state index contributed by atoms with van der Waals surface area (Å²) in [5.74, 6) is -1.07. The number of likely N-dealkylation sites (N-methyl/N-ethyl adjacent to an activating group) is 1. The van der Waals surface area contributed by atoms with Gasteiger partial charge >= 0.3 is 5.97 Å². The summed E-state index contributed by atoms with van der Waals surface area (Å²) in [4.78, 5) is 39.6. The zero-order valence-corrected chi connectivity index (χ0v) is 14.2. The standard InChI is InChI=1S/C17H23N3O4/c1-19(2)8-7-18-16(22)13-10-15(21)20(11-13)14-6-4-5-12(9-14)17(23)24-3/h4-6,9,13H,7-8,10-11H2,1-3H3,(H,18,22). The number of carbonyl (C=O) groups excluding carboxylic acids is 3. The largest absolute Gasteiger partial charge is 0.465 e. The van der Waals surface area contributed by atoms with Gasteiger partial charge in [-0.2, -0.15) is 0 Å². The van der Waals surface area contributed by atoms with E-state index in [2.05, 4.69) is 5.32 Å². The molecule has 1 aromatic carbocycles. The minimum Gasteiger partial charge on any atom is -0.465 e. The number of rotatable bonds is 6. The van der Waals surface area contributed by atoms with E-state index in [4.69, 9.17) is 4.74 Å². The number of amides is 2. The number of hydrogen-bond acceptors (Lipinski definition) is 5. The number of hydrogen-bond donors (Lipinski definition) is 1. The van der Waals surface area contributed by atoms with Crippen molar-refractivity contribution < 1.29 is 19.1 Å². The highest BCUT2D eigenvalue weighted by Crippen LogP contribution is 2.26.